The standard InChI is InChI=1S/C14H24N2S/c1-10-9-17-13(16-10)7-11(14(2,3)4)8-15-12-5-6-12/h9,11-12,15H,5-8H2,1-4H3. The summed E-state index contributed by atoms with van der Waals surface area (Å²) in [4.78, 5) is 4.60. The molecule has 1 aliphatic carbocycles. The van der Waals surface area contributed by atoms with Crippen molar-refractivity contribution in [3.8, 4) is 0 Å². The molecule has 17 heavy (non-hydrogen) atoms. The van der Waals surface area contributed by atoms with Gasteiger partial charge in [0.15, 0.2) is 0 Å². The zero-order valence-corrected chi connectivity index (χ0v) is 12.2. The Morgan fingerprint density at radius 3 is 2.65 bits per heavy atom. The fourth-order valence-corrected chi connectivity index (χ4v) is 2.84. The van der Waals surface area contributed by atoms with Gasteiger partial charge in [-0.3, -0.25) is 0 Å². The lowest BCUT2D eigenvalue weighted by molar-refractivity contribution is 0.230. The Morgan fingerprint density at radius 2 is 2.18 bits per heavy atom. The Labute approximate surface area is 109 Å². The van der Waals surface area contributed by atoms with Crippen LogP contribution in [0, 0.1) is 18.3 Å². The minimum absolute atomic E-state index is 0.349. The number of rotatable bonds is 5. The SMILES string of the molecule is Cc1csc(CC(CNC2CC2)C(C)(C)C)n1. The summed E-state index contributed by atoms with van der Waals surface area (Å²) in [7, 11) is 0. The van der Waals surface area contributed by atoms with Crippen LogP contribution in [0.1, 0.15) is 44.3 Å². The molecule has 1 aliphatic rings. The van der Waals surface area contributed by atoms with Gasteiger partial charge < -0.3 is 5.32 Å². The second-order valence-electron chi connectivity index (χ2n) is 6.33. The average molecular weight is 252 g/mol. The van der Waals surface area contributed by atoms with E-state index in [0.717, 1.165) is 24.7 Å². The number of thiazole rings is 1. The van der Waals surface area contributed by atoms with Gasteiger partial charge in [0.05, 0.1) is 5.01 Å². The lowest BCUT2D eigenvalue weighted by atomic mass is 9.79. The number of aromatic nitrogens is 1. The Bertz CT molecular complexity index is 361. The van der Waals surface area contributed by atoms with Gasteiger partial charge in [0.1, 0.15) is 0 Å². The molecule has 3 heteroatoms. The molecule has 1 aromatic heterocycles. The summed E-state index contributed by atoms with van der Waals surface area (Å²) < 4.78 is 0. The Hall–Kier alpha value is -0.410. The molecular weight excluding hydrogens is 228 g/mol. The number of nitrogens with one attached hydrogen (secondary N) is 1. The van der Waals surface area contributed by atoms with E-state index >= 15 is 0 Å². The zero-order valence-electron chi connectivity index (χ0n) is 11.4. The third kappa shape index (κ3) is 4.07. The Kier molecular flexibility index (Phi) is 3.88. The van der Waals surface area contributed by atoms with Gasteiger partial charge in [-0.1, -0.05) is 20.8 Å². The van der Waals surface area contributed by atoms with Crippen molar-refractivity contribution in [1.82, 2.24) is 10.3 Å². The molecule has 0 bridgehead atoms. The van der Waals surface area contributed by atoms with Gasteiger partial charge in [-0.2, -0.15) is 0 Å². The van der Waals surface area contributed by atoms with Gasteiger partial charge in [-0.05, 0) is 37.6 Å². The predicted octanol–water partition coefficient (Wildman–Crippen LogP) is 3.41. The third-order valence-corrected chi connectivity index (χ3v) is 4.53. The zero-order chi connectivity index (χ0) is 12.5. The number of hydrogen-bond acceptors (Lipinski definition) is 3. The highest BCUT2D eigenvalue weighted by Gasteiger charge is 2.28. The molecule has 1 N–H and O–H groups in total. The van der Waals surface area contributed by atoms with Crippen LogP contribution in [0.2, 0.25) is 0 Å². The summed E-state index contributed by atoms with van der Waals surface area (Å²) in [5.41, 5.74) is 1.51. The second kappa shape index (κ2) is 5.07. The summed E-state index contributed by atoms with van der Waals surface area (Å²) in [6.07, 6.45) is 3.85. The van der Waals surface area contributed by atoms with E-state index in [1.807, 2.05) is 0 Å². The van der Waals surface area contributed by atoms with Crippen molar-refractivity contribution < 1.29 is 0 Å². The van der Waals surface area contributed by atoms with Crippen LogP contribution in [-0.4, -0.2) is 17.6 Å². The van der Waals surface area contributed by atoms with Crippen molar-refractivity contribution in [1.29, 1.82) is 0 Å². The topological polar surface area (TPSA) is 24.9 Å². The van der Waals surface area contributed by atoms with Gasteiger partial charge in [0.2, 0.25) is 0 Å². The van der Waals surface area contributed by atoms with E-state index in [0.29, 0.717) is 11.3 Å². The quantitative estimate of drug-likeness (QED) is 0.868. The molecular formula is C14H24N2S. The van der Waals surface area contributed by atoms with Crippen molar-refractivity contribution in [2.24, 2.45) is 11.3 Å². The minimum Gasteiger partial charge on any atom is -0.314 e. The molecule has 0 aromatic carbocycles. The van der Waals surface area contributed by atoms with Crippen molar-refractivity contribution >= 4 is 11.3 Å². The Balaban J connectivity index is 1.94. The predicted molar refractivity (Wildman–Crippen MR) is 74.5 cm³/mol. The number of nitrogens with zero attached hydrogens (tertiary/aromatic N) is 1. The molecule has 1 aromatic rings. The van der Waals surface area contributed by atoms with Crippen molar-refractivity contribution in [2.45, 2.75) is 53.0 Å². The fraction of sp³-hybridized carbons (Fsp3) is 0.786. The first kappa shape index (κ1) is 13.0. The molecule has 0 saturated heterocycles. The van der Waals surface area contributed by atoms with Crippen LogP contribution in [-0.2, 0) is 6.42 Å². The second-order valence-corrected chi connectivity index (χ2v) is 7.27. The third-order valence-electron chi connectivity index (χ3n) is 3.54. The van der Waals surface area contributed by atoms with E-state index in [9.17, 15) is 0 Å². The molecule has 2 rings (SSSR count). The molecule has 96 valence electrons. The molecule has 1 heterocycles. The first-order valence-corrected chi connectivity index (χ1v) is 7.47. The average Bonchev–Trinajstić information content (AvgIpc) is 2.95. The smallest absolute Gasteiger partial charge is 0.0931 e. The molecule has 1 saturated carbocycles. The molecule has 1 atom stereocenters. The minimum atomic E-state index is 0.349. The van der Waals surface area contributed by atoms with Gasteiger partial charge in [-0.15, -0.1) is 11.3 Å². The number of hydrogen-bond donors (Lipinski definition) is 1. The van der Waals surface area contributed by atoms with Gasteiger partial charge in [0.25, 0.3) is 0 Å². The maximum absolute atomic E-state index is 4.60. The molecule has 0 amide bonds. The van der Waals surface area contributed by atoms with Crippen LogP contribution in [0.5, 0.6) is 0 Å². The van der Waals surface area contributed by atoms with Crippen molar-refractivity contribution in [3.63, 3.8) is 0 Å². The largest absolute Gasteiger partial charge is 0.314 e. The molecule has 0 aliphatic heterocycles. The van der Waals surface area contributed by atoms with E-state index in [1.165, 1.54) is 17.8 Å². The first-order chi connectivity index (χ1) is 7.95. The summed E-state index contributed by atoms with van der Waals surface area (Å²) in [6, 6.07) is 0.804. The van der Waals surface area contributed by atoms with E-state index in [1.54, 1.807) is 11.3 Å². The maximum atomic E-state index is 4.60. The lowest BCUT2D eigenvalue weighted by Crippen LogP contribution is -2.34. The van der Waals surface area contributed by atoms with E-state index < -0.39 is 0 Å². The number of aryl methyl sites for hydroxylation is 1. The fourth-order valence-electron chi connectivity index (χ4n) is 1.99. The van der Waals surface area contributed by atoms with E-state index in [4.69, 9.17) is 0 Å². The van der Waals surface area contributed by atoms with Gasteiger partial charge in [-0.25, -0.2) is 4.98 Å². The van der Waals surface area contributed by atoms with Gasteiger partial charge in [0, 0.05) is 23.5 Å². The molecule has 1 fully saturated rings. The summed E-state index contributed by atoms with van der Waals surface area (Å²) in [5.74, 6) is 0.675. The maximum Gasteiger partial charge on any atom is 0.0931 e. The van der Waals surface area contributed by atoms with E-state index in [2.05, 4.69) is 43.4 Å². The van der Waals surface area contributed by atoms with Crippen LogP contribution < -0.4 is 5.32 Å². The summed E-state index contributed by atoms with van der Waals surface area (Å²) >= 11 is 1.80. The van der Waals surface area contributed by atoms with Crippen LogP contribution in [0.15, 0.2) is 5.38 Å². The van der Waals surface area contributed by atoms with Crippen LogP contribution in [0.4, 0.5) is 0 Å². The van der Waals surface area contributed by atoms with Crippen molar-refractivity contribution in [3.05, 3.63) is 16.1 Å². The van der Waals surface area contributed by atoms with Gasteiger partial charge >= 0.3 is 0 Å². The molecule has 0 spiro atoms. The monoisotopic (exact) mass is 252 g/mol. The highest BCUT2D eigenvalue weighted by atomic mass is 32.1. The highest BCUT2D eigenvalue weighted by Crippen LogP contribution is 2.30. The van der Waals surface area contributed by atoms with E-state index in [-0.39, 0.29) is 0 Å². The Morgan fingerprint density at radius 1 is 1.47 bits per heavy atom. The first-order valence-electron chi connectivity index (χ1n) is 6.59. The van der Waals surface area contributed by atoms with Crippen molar-refractivity contribution in [2.75, 3.05) is 6.54 Å². The van der Waals surface area contributed by atoms with Crippen LogP contribution in [0.25, 0.3) is 0 Å². The molecule has 1 unspecified atom stereocenters. The lowest BCUT2D eigenvalue weighted by Gasteiger charge is -2.30. The van der Waals surface area contributed by atoms with Crippen LogP contribution in [0.3, 0.4) is 0 Å². The molecule has 0 radical (unpaired) electrons. The molecule has 2 nitrogen and oxygen atoms in total. The normalized spacial score (nSPS) is 18.4. The highest BCUT2D eigenvalue weighted by molar-refractivity contribution is 7.09. The van der Waals surface area contributed by atoms with Crippen LogP contribution >= 0.6 is 11.3 Å². The summed E-state index contributed by atoms with van der Waals surface area (Å²) in [5, 5.41) is 7.11. The summed E-state index contributed by atoms with van der Waals surface area (Å²) in [6.45, 7) is 10.2.